The molecule has 1 amide bonds. The summed E-state index contributed by atoms with van der Waals surface area (Å²) in [4.78, 5) is 15.1. The first-order chi connectivity index (χ1) is 14.3. The van der Waals surface area contributed by atoms with Gasteiger partial charge in [-0.25, -0.2) is 0 Å². The summed E-state index contributed by atoms with van der Waals surface area (Å²) >= 11 is 0. The van der Waals surface area contributed by atoms with E-state index in [1.165, 1.54) is 5.56 Å². The van der Waals surface area contributed by atoms with Gasteiger partial charge in [-0.05, 0) is 12.0 Å². The molecule has 6 heteroatoms. The summed E-state index contributed by atoms with van der Waals surface area (Å²) in [5.41, 5.74) is 2.42. The minimum atomic E-state index is -0.193. The van der Waals surface area contributed by atoms with Crippen LogP contribution in [0, 0.1) is 0 Å². The van der Waals surface area contributed by atoms with Gasteiger partial charge < -0.3 is 14.6 Å². The van der Waals surface area contributed by atoms with Gasteiger partial charge in [0.2, 0.25) is 0 Å². The van der Waals surface area contributed by atoms with Crippen molar-refractivity contribution in [3.63, 3.8) is 0 Å². The average molecular weight is 389 g/mol. The van der Waals surface area contributed by atoms with Crippen LogP contribution in [0.5, 0.6) is 0 Å². The topological polar surface area (TPSA) is 67.6 Å². The van der Waals surface area contributed by atoms with Crippen molar-refractivity contribution in [1.29, 1.82) is 0 Å². The van der Waals surface area contributed by atoms with Crippen LogP contribution in [0.15, 0.2) is 71.3 Å². The van der Waals surface area contributed by atoms with E-state index >= 15 is 0 Å². The first-order valence-corrected chi connectivity index (χ1v) is 10.00. The lowest BCUT2D eigenvalue weighted by atomic mass is 10.1. The van der Waals surface area contributed by atoms with Gasteiger partial charge in [0.05, 0.1) is 12.7 Å². The van der Waals surface area contributed by atoms with E-state index in [0.717, 1.165) is 25.1 Å². The minimum absolute atomic E-state index is 0.0856. The maximum absolute atomic E-state index is 12.7. The van der Waals surface area contributed by atoms with E-state index < -0.39 is 0 Å². The fraction of sp³-hybridized carbons (Fsp3) is 0.304. The Bertz CT molecular complexity index is 973. The molecule has 3 heterocycles. The molecule has 0 aliphatic carbocycles. The third kappa shape index (κ3) is 3.81. The standard InChI is InChI=1S/C23H23N3O3/c27-23(20-12-21(29-25-20)16-7-3-1-4-8-16)24-18-11-19-15-28-22(14-26(19)13-18)17-9-5-2-6-10-17/h1-10,12,18-19,22H,11,13-15H2,(H,24,27)/t18-,19-,22+/m0/s1. The predicted octanol–water partition coefficient (Wildman–Crippen LogP) is 3.29. The number of rotatable bonds is 4. The number of carbonyl (C=O) groups excluding carboxylic acids is 1. The first-order valence-electron chi connectivity index (χ1n) is 10.00. The van der Waals surface area contributed by atoms with Crippen molar-refractivity contribution < 1.29 is 14.1 Å². The van der Waals surface area contributed by atoms with E-state index in [2.05, 4.69) is 27.5 Å². The molecule has 5 rings (SSSR count). The Morgan fingerprint density at radius 2 is 1.79 bits per heavy atom. The molecule has 29 heavy (non-hydrogen) atoms. The van der Waals surface area contributed by atoms with Crippen molar-refractivity contribution in [2.45, 2.75) is 24.6 Å². The van der Waals surface area contributed by atoms with Gasteiger partial charge in [0, 0.05) is 36.8 Å². The van der Waals surface area contributed by atoms with Crippen molar-refractivity contribution in [2.75, 3.05) is 19.7 Å². The molecule has 0 unspecified atom stereocenters. The molecule has 1 aromatic heterocycles. The maximum Gasteiger partial charge on any atom is 0.273 e. The lowest BCUT2D eigenvalue weighted by Gasteiger charge is -2.35. The molecule has 6 nitrogen and oxygen atoms in total. The van der Waals surface area contributed by atoms with Crippen LogP contribution >= 0.6 is 0 Å². The van der Waals surface area contributed by atoms with Crippen molar-refractivity contribution in [3.8, 4) is 11.3 Å². The molecule has 2 fully saturated rings. The van der Waals surface area contributed by atoms with Crippen LogP contribution in [0.1, 0.15) is 28.6 Å². The maximum atomic E-state index is 12.7. The smallest absolute Gasteiger partial charge is 0.273 e. The van der Waals surface area contributed by atoms with E-state index in [1.807, 2.05) is 48.5 Å². The number of morpholine rings is 1. The van der Waals surface area contributed by atoms with Crippen LogP contribution in [0.2, 0.25) is 0 Å². The Balaban J connectivity index is 1.20. The molecule has 3 atom stereocenters. The highest BCUT2D eigenvalue weighted by Crippen LogP contribution is 2.30. The molecule has 0 spiro atoms. The van der Waals surface area contributed by atoms with Gasteiger partial charge in [-0.15, -0.1) is 0 Å². The molecule has 3 aromatic rings. The van der Waals surface area contributed by atoms with Crippen LogP contribution in [0.4, 0.5) is 0 Å². The Labute approximate surface area is 169 Å². The molecule has 1 N–H and O–H groups in total. The first kappa shape index (κ1) is 18.1. The molecular formula is C23H23N3O3. The van der Waals surface area contributed by atoms with Crippen molar-refractivity contribution in [2.24, 2.45) is 0 Å². The number of hydrogen-bond donors (Lipinski definition) is 1. The van der Waals surface area contributed by atoms with E-state index in [9.17, 15) is 4.79 Å². The zero-order chi connectivity index (χ0) is 19.6. The highest BCUT2D eigenvalue weighted by Gasteiger charge is 2.38. The molecule has 0 radical (unpaired) electrons. The third-order valence-electron chi connectivity index (χ3n) is 5.73. The van der Waals surface area contributed by atoms with E-state index in [-0.39, 0.29) is 18.1 Å². The third-order valence-corrected chi connectivity index (χ3v) is 5.73. The second-order valence-corrected chi connectivity index (χ2v) is 7.69. The van der Waals surface area contributed by atoms with Gasteiger partial charge in [-0.1, -0.05) is 65.8 Å². The molecule has 2 aliphatic heterocycles. The van der Waals surface area contributed by atoms with Crippen molar-refractivity contribution in [3.05, 3.63) is 78.0 Å². The van der Waals surface area contributed by atoms with Crippen molar-refractivity contribution in [1.82, 2.24) is 15.4 Å². The van der Waals surface area contributed by atoms with Crippen LogP contribution in [-0.2, 0) is 4.74 Å². The summed E-state index contributed by atoms with van der Waals surface area (Å²) in [5.74, 6) is 0.403. The van der Waals surface area contributed by atoms with E-state index in [0.29, 0.717) is 24.1 Å². The molecule has 0 saturated carbocycles. The monoisotopic (exact) mass is 389 g/mol. The Morgan fingerprint density at radius 1 is 1.03 bits per heavy atom. The Hall–Kier alpha value is -2.96. The van der Waals surface area contributed by atoms with Gasteiger partial charge in [0.15, 0.2) is 11.5 Å². The van der Waals surface area contributed by atoms with E-state index in [1.54, 1.807) is 6.07 Å². The van der Waals surface area contributed by atoms with Gasteiger partial charge in [-0.2, -0.15) is 0 Å². The highest BCUT2D eigenvalue weighted by molar-refractivity contribution is 5.93. The lowest BCUT2D eigenvalue weighted by molar-refractivity contribution is -0.0502. The molecule has 0 bridgehead atoms. The summed E-state index contributed by atoms with van der Waals surface area (Å²) < 4.78 is 11.4. The SMILES string of the molecule is O=C(N[C@H]1C[C@H]2CO[C@@H](c3ccccc3)CN2C1)c1cc(-c2ccccc2)on1. The number of aromatic nitrogens is 1. The molecule has 148 valence electrons. The fourth-order valence-electron chi connectivity index (χ4n) is 4.23. The Kier molecular flexibility index (Phi) is 4.87. The normalized spacial score (nSPS) is 24.2. The molecular weight excluding hydrogens is 366 g/mol. The highest BCUT2D eigenvalue weighted by atomic mass is 16.5. The molecule has 2 saturated heterocycles. The zero-order valence-corrected chi connectivity index (χ0v) is 16.0. The minimum Gasteiger partial charge on any atom is -0.371 e. The second kappa shape index (κ2) is 7.81. The summed E-state index contributed by atoms with van der Waals surface area (Å²) in [6.45, 7) is 2.36. The van der Waals surface area contributed by atoms with Crippen molar-refractivity contribution >= 4 is 5.91 Å². The number of ether oxygens (including phenoxy) is 1. The average Bonchev–Trinajstić information content (AvgIpc) is 3.41. The number of hydrogen-bond acceptors (Lipinski definition) is 5. The molecule has 2 aromatic carbocycles. The van der Waals surface area contributed by atoms with Gasteiger partial charge in [0.1, 0.15) is 0 Å². The predicted molar refractivity (Wildman–Crippen MR) is 108 cm³/mol. The number of nitrogens with one attached hydrogen (secondary N) is 1. The van der Waals surface area contributed by atoms with Crippen LogP contribution in [0.25, 0.3) is 11.3 Å². The fourth-order valence-corrected chi connectivity index (χ4v) is 4.23. The summed E-state index contributed by atoms with van der Waals surface area (Å²) in [6, 6.07) is 22.1. The molecule has 2 aliphatic rings. The lowest BCUT2D eigenvalue weighted by Crippen LogP contribution is -2.43. The summed E-state index contributed by atoms with van der Waals surface area (Å²) in [7, 11) is 0. The van der Waals surface area contributed by atoms with Gasteiger partial charge >= 0.3 is 0 Å². The zero-order valence-electron chi connectivity index (χ0n) is 16.0. The van der Waals surface area contributed by atoms with E-state index in [4.69, 9.17) is 9.26 Å². The Morgan fingerprint density at radius 3 is 2.59 bits per heavy atom. The largest absolute Gasteiger partial charge is 0.371 e. The quantitative estimate of drug-likeness (QED) is 0.742. The second-order valence-electron chi connectivity index (χ2n) is 7.69. The summed E-state index contributed by atoms with van der Waals surface area (Å²) in [5, 5.41) is 7.06. The number of carbonyl (C=O) groups is 1. The van der Waals surface area contributed by atoms with Gasteiger partial charge in [0.25, 0.3) is 5.91 Å². The number of benzene rings is 2. The summed E-state index contributed by atoms with van der Waals surface area (Å²) in [6.07, 6.45) is 0.974. The number of nitrogens with zero attached hydrogens (tertiary/aromatic N) is 2. The van der Waals surface area contributed by atoms with Crippen LogP contribution in [-0.4, -0.2) is 47.7 Å². The number of fused-ring (bicyclic) bond motifs is 1. The van der Waals surface area contributed by atoms with Crippen LogP contribution < -0.4 is 5.32 Å². The van der Waals surface area contributed by atoms with Crippen LogP contribution in [0.3, 0.4) is 0 Å². The van der Waals surface area contributed by atoms with Gasteiger partial charge in [-0.3, -0.25) is 9.69 Å². The number of amides is 1.